The second-order valence-corrected chi connectivity index (χ2v) is 5.79. The van der Waals surface area contributed by atoms with E-state index in [9.17, 15) is 4.79 Å². The minimum atomic E-state index is 0.593. The third-order valence-electron chi connectivity index (χ3n) is 4.20. The monoisotopic (exact) mass is 314 g/mol. The molecule has 1 aromatic rings. The van der Waals surface area contributed by atoms with Gasteiger partial charge in [0, 0.05) is 44.1 Å². The van der Waals surface area contributed by atoms with Crippen molar-refractivity contribution in [2.24, 2.45) is 0 Å². The van der Waals surface area contributed by atoms with E-state index in [0.717, 1.165) is 48.2 Å². The summed E-state index contributed by atoms with van der Waals surface area (Å²) in [5, 5.41) is 3.22. The number of aryl methyl sites for hydroxylation is 1. The van der Waals surface area contributed by atoms with E-state index in [-0.39, 0.29) is 0 Å². The second kappa shape index (κ2) is 8.65. The molecule has 0 saturated heterocycles. The Morgan fingerprint density at radius 2 is 2.04 bits per heavy atom. The second-order valence-electron chi connectivity index (χ2n) is 5.79. The van der Waals surface area contributed by atoms with Gasteiger partial charge in [0.25, 0.3) is 0 Å². The zero-order chi connectivity index (χ0) is 16.7. The summed E-state index contributed by atoms with van der Waals surface area (Å²) in [4.78, 5) is 13.8. The van der Waals surface area contributed by atoms with Crippen molar-refractivity contribution in [3.63, 3.8) is 0 Å². The molecule has 4 heteroatoms. The highest BCUT2D eigenvalue weighted by Gasteiger charge is 2.19. The first kappa shape index (κ1) is 17.4. The van der Waals surface area contributed by atoms with Gasteiger partial charge in [-0.15, -0.1) is 0 Å². The van der Waals surface area contributed by atoms with Gasteiger partial charge in [-0.05, 0) is 24.6 Å². The lowest BCUT2D eigenvalue weighted by Crippen LogP contribution is -2.32. The predicted molar refractivity (Wildman–Crippen MR) is 94.2 cm³/mol. The van der Waals surface area contributed by atoms with Crippen molar-refractivity contribution in [1.82, 2.24) is 10.2 Å². The number of carbonyl (C=O) groups excluding carboxylic acids is 1. The van der Waals surface area contributed by atoms with Crippen LogP contribution in [0.1, 0.15) is 18.1 Å². The standard InChI is InChI=1S/C19H26N2O2/c1-4-21(9-10-23-3)13-19-17(14-22)11-20-12-18(19)16-7-5-15(2)6-8-16/h5-8,12,14,20H,4,9-11,13H2,1-3H3. The van der Waals surface area contributed by atoms with Gasteiger partial charge in [0.1, 0.15) is 6.29 Å². The van der Waals surface area contributed by atoms with E-state index in [0.29, 0.717) is 13.2 Å². The minimum absolute atomic E-state index is 0.593. The molecule has 0 bridgehead atoms. The fraction of sp³-hybridized carbons (Fsp3) is 0.421. The molecule has 124 valence electrons. The van der Waals surface area contributed by atoms with Crippen LogP contribution in [-0.4, -0.2) is 51.1 Å². The quantitative estimate of drug-likeness (QED) is 0.748. The van der Waals surface area contributed by atoms with Crippen molar-refractivity contribution in [2.75, 3.05) is 39.9 Å². The molecular weight excluding hydrogens is 288 g/mol. The van der Waals surface area contributed by atoms with Crippen molar-refractivity contribution in [3.05, 3.63) is 52.7 Å². The zero-order valence-electron chi connectivity index (χ0n) is 14.3. The van der Waals surface area contributed by atoms with Crippen LogP contribution in [0.25, 0.3) is 5.57 Å². The number of benzene rings is 1. The number of hydrogen-bond acceptors (Lipinski definition) is 4. The number of ether oxygens (including phenoxy) is 1. The molecule has 1 aliphatic rings. The number of methoxy groups -OCH3 is 1. The van der Waals surface area contributed by atoms with Crippen LogP contribution in [0, 0.1) is 6.92 Å². The highest BCUT2D eigenvalue weighted by Crippen LogP contribution is 2.28. The third kappa shape index (κ3) is 4.53. The molecule has 4 nitrogen and oxygen atoms in total. The zero-order valence-corrected chi connectivity index (χ0v) is 14.3. The van der Waals surface area contributed by atoms with Crippen molar-refractivity contribution in [3.8, 4) is 0 Å². The topological polar surface area (TPSA) is 41.6 Å². The van der Waals surface area contributed by atoms with Gasteiger partial charge in [-0.2, -0.15) is 0 Å². The molecule has 23 heavy (non-hydrogen) atoms. The summed E-state index contributed by atoms with van der Waals surface area (Å²) in [5.74, 6) is 0. The number of aldehydes is 1. The van der Waals surface area contributed by atoms with Crippen molar-refractivity contribution in [1.29, 1.82) is 0 Å². The normalized spacial score (nSPS) is 14.7. The van der Waals surface area contributed by atoms with Crippen LogP contribution >= 0.6 is 0 Å². The SMILES string of the molecule is CCN(CCOC)CC1=C(C=O)CNC=C1c1ccc(C)cc1. The molecule has 0 aliphatic carbocycles. The molecule has 0 spiro atoms. The number of hydrogen-bond donors (Lipinski definition) is 1. The van der Waals surface area contributed by atoms with Gasteiger partial charge in [-0.1, -0.05) is 36.8 Å². The first-order chi connectivity index (χ1) is 11.2. The van der Waals surface area contributed by atoms with Gasteiger partial charge < -0.3 is 10.1 Å². The molecule has 0 atom stereocenters. The Balaban J connectivity index is 2.29. The first-order valence-electron chi connectivity index (χ1n) is 8.09. The Bertz CT molecular complexity index is 588. The van der Waals surface area contributed by atoms with Crippen LogP contribution in [0.5, 0.6) is 0 Å². The van der Waals surface area contributed by atoms with Gasteiger partial charge in [-0.25, -0.2) is 0 Å². The number of nitrogens with zero attached hydrogens (tertiary/aromatic N) is 1. The van der Waals surface area contributed by atoms with Crippen LogP contribution in [0.4, 0.5) is 0 Å². The first-order valence-corrected chi connectivity index (χ1v) is 8.09. The Morgan fingerprint density at radius 1 is 1.30 bits per heavy atom. The molecule has 1 N–H and O–H groups in total. The summed E-state index contributed by atoms with van der Waals surface area (Å²) in [6.45, 7) is 8.04. The number of dihydropyridines is 1. The van der Waals surface area contributed by atoms with Crippen LogP contribution in [0.2, 0.25) is 0 Å². The molecule has 1 aliphatic heterocycles. The highest BCUT2D eigenvalue weighted by molar-refractivity contribution is 5.89. The van der Waals surface area contributed by atoms with E-state index < -0.39 is 0 Å². The summed E-state index contributed by atoms with van der Waals surface area (Å²) in [7, 11) is 1.71. The maximum Gasteiger partial charge on any atom is 0.148 e. The average molecular weight is 314 g/mol. The number of nitrogens with one attached hydrogen (secondary N) is 1. The van der Waals surface area contributed by atoms with E-state index in [2.05, 4.69) is 48.3 Å². The van der Waals surface area contributed by atoms with Gasteiger partial charge in [0.15, 0.2) is 0 Å². The van der Waals surface area contributed by atoms with Crippen molar-refractivity contribution >= 4 is 11.9 Å². The fourth-order valence-corrected chi connectivity index (χ4v) is 2.71. The smallest absolute Gasteiger partial charge is 0.148 e. The Morgan fingerprint density at radius 3 is 2.65 bits per heavy atom. The molecule has 0 saturated carbocycles. The van der Waals surface area contributed by atoms with E-state index >= 15 is 0 Å². The maximum absolute atomic E-state index is 11.5. The van der Waals surface area contributed by atoms with E-state index in [1.807, 2.05) is 6.20 Å². The van der Waals surface area contributed by atoms with E-state index in [4.69, 9.17) is 4.74 Å². The van der Waals surface area contributed by atoms with Crippen LogP contribution in [-0.2, 0) is 9.53 Å². The summed E-state index contributed by atoms with van der Waals surface area (Å²) in [5.41, 5.74) is 5.42. The molecule has 0 radical (unpaired) electrons. The molecule has 0 fully saturated rings. The predicted octanol–water partition coefficient (Wildman–Crippen LogP) is 2.40. The third-order valence-corrected chi connectivity index (χ3v) is 4.20. The molecular formula is C19H26N2O2. The Kier molecular flexibility index (Phi) is 6.56. The summed E-state index contributed by atoms with van der Waals surface area (Å²) >= 11 is 0. The lowest BCUT2D eigenvalue weighted by molar-refractivity contribution is -0.105. The van der Waals surface area contributed by atoms with Crippen LogP contribution in [0.3, 0.4) is 0 Å². The van der Waals surface area contributed by atoms with E-state index in [1.54, 1.807) is 7.11 Å². The molecule has 0 aromatic heterocycles. The summed E-state index contributed by atoms with van der Waals surface area (Å²) in [6, 6.07) is 8.43. The Labute approximate surface area is 138 Å². The van der Waals surface area contributed by atoms with Gasteiger partial charge in [0.05, 0.1) is 6.61 Å². The van der Waals surface area contributed by atoms with Gasteiger partial charge in [-0.3, -0.25) is 9.69 Å². The van der Waals surface area contributed by atoms with Crippen LogP contribution in [0.15, 0.2) is 41.6 Å². The fourth-order valence-electron chi connectivity index (χ4n) is 2.71. The molecule has 2 rings (SSSR count). The number of carbonyl (C=O) groups is 1. The van der Waals surface area contributed by atoms with E-state index in [1.165, 1.54) is 5.56 Å². The summed E-state index contributed by atoms with van der Waals surface area (Å²) < 4.78 is 5.19. The molecule has 1 aromatic carbocycles. The lowest BCUT2D eigenvalue weighted by atomic mass is 9.92. The van der Waals surface area contributed by atoms with Crippen molar-refractivity contribution in [2.45, 2.75) is 13.8 Å². The molecule has 0 amide bonds. The van der Waals surface area contributed by atoms with Gasteiger partial charge in [0.2, 0.25) is 0 Å². The lowest BCUT2D eigenvalue weighted by Gasteiger charge is -2.27. The highest BCUT2D eigenvalue weighted by atomic mass is 16.5. The van der Waals surface area contributed by atoms with Gasteiger partial charge >= 0.3 is 0 Å². The molecule has 1 heterocycles. The Hall–Kier alpha value is -1.91. The van der Waals surface area contributed by atoms with Crippen molar-refractivity contribution < 1.29 is 9.53 Å². The average Bonchev–Trinajstić information content (AvgIpc) is 2.59. The number of likely N-dealkylation sites (N-methyl/N-ethyl adjacent to an activating group) is 1. The molecule has 0 unspecified atom stereocenters. The summed E-state index contributed by atoms with van der Waals surface area (Å²) in [6.07, 6.45) is 3.00. The minimum Gasteiger partial charge on any atom is -0.386 e. The van der Waals surface area contributed by atoms with Crippen LogP contribution < -0.4 is 5.32 Å². The number of rotatable bonds is 8. The maximum atomic E-state index is 11.5. The largest absolute Gasteiger partial charge is 0.386 e.